The van der Waals surface area contributed by atoms with Gasteiger partial charge in [0.05, 0.1) is 16.3 Å². The van der Waals surface area contributed by atoms with Gasteiger partial charge >= 0.3 is 12.3 Å². The van der Waals surface area contributed by atoms with Crippen LogP contribution in [0.3, 0.4) is 0 Å². The first kappa shape index (κ1) is 28.2. The number of hydrogen-bond donors (Lipinski definition) is 3. The Hall–Kier alpha value is -4.78. The van der Waals surface area contributed by atoms with E-state index in [9.17, 15) is 31.5 Å². The van der Waals surface area contributed by atoms with Gasteiger partial charge in [-0.3, -0.25) is 4.68 Å². The van der Waals surface area contributed by atoms with Gasteiger partial charge in [-0.15, -0.1) is 13.2 Å². The fourth-order valence-electron chi connectivity index (χ4n) is 3.97. The highest BCUT2D eigenvalue weighted by Gasteiger charge is 2.31. The number of alkyl halides is 3. The standard InChI is InChI=1S/C27H23F3N4O5S/c1-34-25(14-23(33-34)26(35)36)21-11-8-18(17-4-3-5-20(12-17)40(2,37)38)13-22(21)32-24(15-31)16-6-9-19(10-7-16)39-27(28,29)30/h3-15,32H,31H2,1-2H3,(H,35,36)/b24-15-. The van der Waals surface area contributed by atoms with Crippen molar-refractivity contribution < 1.29 is 36.2 Å². The van der Waals surface area contributed by atoms with Crippen molar-refractivity contribution in [3.63, 3.8) is 0 Å². The Bertz CT molecular complexity index is 1710. The molecule has 0 atom stereocenters. The summed E-state index contributed by atoms with van der Waals surface area (Å²) in [6.07, 6.45) is -2.51. The lowest BCUT2D eigenvalue weighted by molar-refractivity contribution is -0.274. The molecule has 0 aliphatic rings. The molecule has 0 radical (unpaired) electrons. The van der Waals surface area contributed by atoms with Crippen molar-refractivity contribution in [2.75, 3.05) is 11.6 Å². The van der Waals surface area contributed by atoms with E-state index < -0.39 is 27.9 Å². The van der Waals surface area contributed by atoms with E-state index in [2.05, 4.69) is 15.2 Å². The summed E-state index contributed by atoms with van der Waals surface area (Å²) in [7, 11) is -1.89. The number of hydrogen-bond acceptors (Lipinski definition) is 7. The van der Waals surface area contributed by atoms with Crippen molar-refractivity contribution in [3.8, 4) is 28.1 Å². The lowest BCUT2D eigenvalue weighted by atomic mass is 10.00. The summed E-state index contributed by atoms with van der Waals surface area (Å²) in [5.41, 5.74) is 9.09. The minimum absolute atomic E-state index is 0.130. The molecule has 0 bridgehead atoms. The number of halogens is 3. The molecule has 0 saturated heterocycles. The number of nitrogens with zero attached hydrogens (tertiary/aromatic N) is 2. The van der Waals surface area contributed by atoms with Crippen molar-refractivity contribution in [2.24, 2.45) is 12.8 Å². The predicted molar refractivity (Wildman–Crippen MR) is 143 cm³/mol. The number of aromatic nitrogens is 2. The maximum Gasteiger partial charge on any atom is 0.573 e. The number of nitrogens with two attached hydrogens (primary N) is 1. The van der Waals surface area contributed by atoms with E-state index in [0.29, 0.717) is 39.3 Å². The topological polar surface area (TPSA) is 137 Å². The van der Waals surface area contributed by atoms with E-state index in [4.69, 9.17) is 5.73 Å². The normalized spacial score (nSPS) is 12.3. The Balaban J connectivity index is 1.80. The molecule has 0 amide bonds. The summed E-state index contributed by atoms with van der Waals surface area (Å²) in [5, 5.41) is 16.6. The summed E-state index contributed by atoms with van der Waals surface area (Å²) in [5.74, 6) is -1.62. The zero-order valence-electron chi connectivity index (χ0n) is 21.1. The molecule has 208 valence electrons. The van der Waals surface area contributed by atoms with Gasteiger partial charge in [0.2, 0.25) is 0 Å². The number of benzene rings is 3. The van der Waals surface area contributed by atoms with Crippen LogP contribution < -0.4 is 15.8 Å². The first-order chi connectivity index (χ1) is 18.7. The molecule has 1 heterocycles. The minimum Gasteiger partial charge on any atom is -0.476 e. The van der Waals surface area contributed by atoms with Crippen LogP contribution in [0.2, 0.25) is 0 Å². The molecular weight excluding hydrogens is 549 g/mol. The summed E-state index contributed by atoms with van der Waals surface area (Å²) < 4.78 is 67.2. The highest BCUT2D eigenvalue weighted by molar-refractivity contribution is 7.90. The van der Waals surface area contributed by atoms with Crippen molar-refractivity contribution in [1.29, 1.82) is 0 Å². The molecule has 13 heteroatoms. The molecule has 4 aromatic rings. The maximum atomic E-state index is 12.6. The molecule has 3 aromatic carbocycles. The summed E-state index contributed by atoms with van der Waals surface area (Å²) in [4.78, 5) is 11.6. The van der Waals surface area contributed by atoms with Crippen LogP contribution in [-0.2, 0) is 16.9 Å². The smallest absolute Gasteiger partial charge is 0.476 e. The quantitative estimate of drug-likeness (QED) is 0.265. The third kappa shape index (κ3) is 6.43. The Morgan fingerprint density at radius 1 is 1.05 bits per heavy atom. The largest absolute Gasteiger partial charge is 0.573 e. The molecule has 1 aromatic heterocycles. The fourth-order valence-corrected chi connectivity index (χ4v) is 4.64. The molecule has 4 rings (SSSR count). The van der Waals surface area contributed by atoms with Gasteiger partial charge in [0.25, 0.3) is 0 Å². The van der Waals surface area contributed by atoms with E-state index in [1.807, 2.05) is 0 Å². The van der Waals surface area contributed by atoms with Crippen LogP contribution in [-0.4, -0.2) is 41.9 Å². The second-order valence-corrected chi connectivity index (χ2v) is 10.7. The Morgan fingerprint density at radius 3 is 2.30 bits per heavy atom. The lowest BCUT2D eigenvalue weighted by Gasteiger charge is -2.17. The predicted octanol–water partition coefficient (Wildman–Crippen LogP) is 5.12. The third-order valence-corrected chi connectivity index (χ3v) is 6.94. The summed E-state index contributed by atoms with van der Waals surface area (Å²) in [6.45, 7) is 0. The molecule has 0 fully saturated rings. The van der Waals surface area contributed by atoms with Crippen LogP contribution in [0.15, 0.2) is 83.9 Å². The average Bonchev–Trinajstić information content (AvgIpc) is 3.28. The van der Waals surface area contributed by atoms with E-state index in [1.54, 1.807) is 37.4 Å². The van der Waals surface area contributed by atoms with Gasteiger partial charge < -0.3 is 20.9 Å². The minimum atomic E-state index is -4.84. The van der Waals surface area contributed by atoms with Gasteiger partial charge in [-0.05, 0) is 65.2 Å². The van der Waals surface area contributed by atoms with E-state index in [0.717, 1.165) is 18.4 Å². The van der Waals surface area contributed by atoms with Crippen molar-refractivity contribution in [2.45, 2.75) is 11.3 Å². The number of sulfone groups is 1. The van der Waals surface area contributed by atoms with Crippen molar-refractivity contribution in [3.05, 3.63) is 90.3 Å². The number of anilines is 1. The number of rotatable bonds is 8. The fraction of sp³-hybridized carbons (Fsp3) is 0.111. The molecule has 40 heavy (non-hydrogen) atoms. The highest BCUT2D eigenvalue weighted by atomic mass is 32.2. The molecule has 4 N–H and O–H groups in total. The number of aromatic carboxylic acids is 1. The monoisotopic (exact) mass is 572 g/mol. The van der Waals surface area contributed by atoms with E-state index in [-0.39, 0.29) is 10.6 Å². The number of carbonyl (C=O) groups is 1. The SMILES string of the molecule is Cn1nc(C(=O)O)cc1-c1ccc(-c2cccc(S(C)(=O)=O)c2)cc1N/C(=C\N)c1ccc(OC(F)(F)F)cc1. The number of nitrogens with one attached hydrogen (secondary N) is 1. The first-order valence-electron chi connectivity index (χ1n) is 11.5. The highest BCUT2D eigenvalue weighted by Crippen LogP contribution is 2.36. The van der Waals surface area contributed by atoms with Gasteiger partial charge in [0.15, 0.2) is 15.5 Å². The van der Waals surface area contributed by atoms with Gasteiger partial charge in [-0.1, -0.05) is 24.3 Å². The van der Waals surface area contributed by atoms with Crippen molar-refractivity contribution >= 4 is 27.2 Å². The number of aryl methyl sites for hydroxylation is 1. The first-order valence-corrected chi connectivity index (χ1v) is 13.4. The zero-order chi connectivity index (χ0) is 29.2. The summed E-state index contributed by atoms with van der Waals surface area (Å²) in [6, 6.07) is 18.0. The molecule has 0 saturated carbocycles. The summed E-state index contributed by atoms with van der Waals surface area (Å²) >= 11 is 0. The van der Waals surface area contributed by atoms with Crippen molar-refractivity contribution in [1.82, 2.24) is 9.78 Å². The van der Waals surface area contributed by atoms with Gasteiger partial charge in [-0.25, -0.2) is 13.2 Å². The molecular formula is C27H23F3N4O5S. The average molecular weight is 573 g/mol. The van der Waals surface area contributed by atoms with Crippen LogP contribution in [0.1, 0.15) is 16.1 Å². The van der Waals surface area contributed by atoms with Gasteiger partial charge in [0.1, 0.15) is 5.75 Å². The van der Waals surface area contributed by atoms with Crippen LogP contribution in [0.4, 0.5) is 18.9 Å². The van der Waals surface area contributed by atoms with E-state index >= 15 is 0 Å². The molecule has 0 unspecified atom stereocenters. The number of ether oxygens (including phenoxy) is 1. The van der Waals surface area contributed by atoms with Crippen LogP contribution in [0.5, 0.6) is 5.75 Å². The number of carboxylic acids is 1. The number of carboxylic acid groups (broad SMARTS) is 1. The second-order valence-electron chi connectivity index (χ2n) is 8.68. The molecule has 0 aliphatic heterocycles. The molecule has 0 spiro atoms. The molecule has 9 nitrogen and oxygen atoms in total. The van der Waals surface area contributed by atoms with E-state index in [1.165, 1.54) is 41.2 Å². The Labute approximate surface area is 227 Å². The van der Waals surface area contributed by atoms with Gasteiger partial charge in [0, 0.05) is 30.8 Å². The van der Waals surface area contributed by atoms with Crippen LogP contribution in [0.25, 0.3) is 28.1 Å². The third-order valence-electron chi connectivity index (χ3n) is 5.82. The van der Waals surface area contributed by atoms with Gasteiger partial charge in [-0.2, -0.15) is 5.10 Å². The maximum absolute atomic E-state index is 12.6. The Morgan fingerprint density at radius 2 is 1.73 bits per heavy atom. The zero-order valence-corrected chi connectivity index (χ0v) is 21.9. The van der Waals surface area contributed by atoms with Crippen LogP contribution in [0, 0.1) is 0 Å². The second kappa shape index (κ2) is 10.8. The lowest BCUT2D eigenvalue weighted by Crippen LogP contribution is -2.17. The Kier molecular flexibility index (Phi) is 7.60. The van der Waals surface area contributed by atoms with Crippen LogP contribution >= 0.6 is 0 Å². The molecule has 0 aliphatic carbocycles.